The molecule has 4 nitrogen and oxygen atoms in total. The van der Waals surface area contributed by atoms with Crippen molar-refractivity contribution in [2.24, 2.45) is 46.3 Å². The number of hydrogen-bond donors (Lipinski definition) is 3. The first kappa shape index (κ1) is 20.4. The van der Waals surface area contributed by atoms with Crippen LogP contribution in [-0.4, -0.2) is 40.8 Å². The van der Waals surface area contributed by atoms with Crippen LogP contribution in [0.4, 0.5) is 0 Å². The van der Waals surface area contributed by atoms with E-state index in [0.717, 1.165) is 63.3 Å². The zero-order chi connectivity index (χ0) is 20.9. The molecule has 0 aromatic carbocycles. The van der Waals surface area contributed by atoms with Gasteiger partial charge in [0.05, 0.1) is 18.3 Å². The van der Waals surface area contributed by atoms with Crippen LogP contribution in [0.3, 0.4) is 0 Å². The molecule has 2 saturated heterocycles. The van der Waals surface area contributed by atoms with E-state index in [2.05, 4.69) is 26.1 Å². The number of ether oxygens (including phenoxy) is 1. The quantitative estimate of drug-likeness (QED) is 0.555. The first-order valence-electron chi connectivity index (χ1n) is 13.0. The van der Waals surface area contributed by atoms with E-state index in [1.807, 2.05) is 0 Å². The van der Waals surface area contributed by atoms with E-state index in [1.165, 1.54) is 19.3 Å². The monoisotopic (exact) mass is 417 g/mol. The van der Waals surface area contributed by atoms with E-state index in [0.29, 0.717) is 35.2 Å². The molecule has 3 unspecified atom stereocenters. The van der Waals surface area contributed by atoms with Crippen LogP contribution in [0.2, 0.25) is 0 Å². The van der Waals surface area contributed by atoms with Crippen molar-refractivity contribution in [3.05, 3.63) is 0 Å². The Kier molecular flexibility index (Phi) is 4.55. The van der Waals surface area contributed by atoms with Crippen LogP contribution in [0, 0.1) is 46.3 Å². The van der Waals surface area contributed by atoms with E-state index in [9.17, 15) is 10.2 Å². The molecule has 6 aliphatic rings. The number of piperidine rings is 1. The SMILES string of the molecule is CC1CCC2(C[C@H]3[C@H](C[C@H]4[C@@H]5CCC6C[C@@H](O)CC[C@]6(C)[C@H]5C[C@@H](O)[C@@]43C)O2)NC1. The third-order valence-corrected chi connectivity index (χ3v) is 11.7. The Balaban J connectivity index is 1.27. The van der Waals surface area contributed by atoms with Crippen LogP contribution in [0.15, 0.2) is 0 Å². The van der Waals surface area contributed by atoms with Gasteiger partial charge in [-0.1, -0.05) is 20.8 Å². The highest BCUT2D eigenvalue weighted by Gasteiger charge is 2.68. The summed E-state index contributed by atoms with van der Waals surface area (Å²) in [7, 11) is 0. The Labute approximate surface area is 182 Å². The molecule has 4 aliphatic carbocycles. The second-order valence-corrected chi connectivity index (χ2v) is 12.9. The summed E-state index contributed by atoms with van der Waals surface area (Å²) >= 11 is 0. The summed E-state index contributed by atoms with van der Waals surface area (Å²) in [6, 6.07) is 0. The number of aliphatic hydroxyl groups excluding tert-OH is 2. The van der Waals surface area contributed by atoms with Gasteiger partial charge in [-0.3, -0.25) is 5.32 Å². The highest BCUT2D eigenvalue weighted by atomic mass is 16.5. The fourth-order valence-corrected chi connectivity index (χ4v) is 9.79. The van der Waals surface area contributed by atoms with Crippen molar-refractivity contribution in [3.63, 3.8) is 0 Å². The minimum Gasteiger partial charge on any atom is -0.393 e. The van der Waals surface area contributed by atoms with Gasteiger partial charge in [0, 0.05) is 12.0 Å². The maximum absolute atomic E-state index is 11.7. The van der Waals surface area contributed by atoms with Gasteiger partial charge in [-0.05, 0) is 105 Å². The molecule has 1 spiro atoms. The van der Waals surface area contributed by atoms with Crippen molar-refractivity contribution in [2.45, 2.75) is 109 Å². The Morgan fingerprint density at radius 2 is 1.73 bits per heavy atom. The van der Waals surface area contributed by atoms with Crippen LogP contribution in [0.1, 0.15) is 85.0 Å². The number of hydrogen-bond acceptors (Lipinski definition) is 4. The number of aliphatic hydroxyl groups is 2. The van der Waals surface area contributed by atoms with E-state index >= 15 is 0 Å². The van der Waals surface area contributed by atoms with Crippen LogP contribution >= 0.6 is 0 Å². The number of fused-ring (bicyclic) bond motifs is 7. The lowest BCUT2D eigenvalue weighted by Gasteiger charge is -2.62. The van der Waals surface area contributed by atoms with Gasteiger partial charge >= 0.3 is 0 Å². The molecule has 12 atom stereocenters. The van der Waals surface area contributed by atoms with E-state index in [4.69, 9.17) is 4.74 Å². The first-order chi connectivity index (χ1) is 14.3. The number of rotatable bonds is 0. The van der Waals surface area contributed by atoms with Gasteiger partial charge < -0.3 is 14.9 Å². The third-order valence-electron chi connectivity index (χ3n) is 11.7. The molecule has 4 heteroatoms. The molecule has 3 N–H and O–H groups in total. The molecule has 2 aliphatic heterocycles. The summed E-state index contributed by atoms with van der Waals surface area (Å²) in [5.74, 6) is 3.85. The fourth-order valence-electron chi connectivity index (χ4n) is 9.79. The zero-order valence-electron chi connectivity index (χ0n) is 19.3. The Morgan fingerprint density at radius 3 is 2.50 bits per heavy atom. The molecule has 170 valence electrons. The highest BCUT2D eigenvalue weighted by molar-refractivity contribution is 5.17. The second-order valence-electron chi connectivity index (χ2n) is 12.9. The topological polar surface area (TPSA) is 61.7 Å². The molecule has 0 radical (unpaired) electrons. The molecule has 0 aromatic rings. The smallest absolute Gasteiger partial charge is 0.120 e. The van der Waals surface area contributed by atoms with Gasteiger partial charge in [0.1, 0.15) is 5.72 Å². The predicted octanol–water partition coefficient (Wildman–Crippen LogP) is 4.09. The summed E-state index contributed by atoms with van der Waals surface area (Å²) in [6.45, 7) is 8.33. The minimum absolute atomic E-state index is 0.0114. The van der Waals surface area contributed by atoms with Crippen LogP contribution < -0.4 is 5.32 Å². The highest BCUT2D eigenvalue weighted by Crippen LogP contribution is 2.70. The van der Waals surface area contributed by atoms with Crippen molar-refractivity contribution < 1.29 is 14.9 Å². The van der Waals surface area contributed by atoms with Crippen molar-refractivity contribution in [3.8, 4) is 0 Å². The summed E-state index contributed by atoms with van der Waals surface area (Å²) in [4.78, 5) is 0. The lowest BCUT2D eigenvalue weighted by Crippen LogP contribution is -2.59. The maximum Gasteiger partial charge on any atom is 0.120 e. The summed E-state index contributed by atoms with van der Waals surface area (Å²) in [5, 5.41) is 25.7. The van der Waals surface area contributed by atoms with Crippen LogP contribution in [0.25, 0.3) is 0 Å². The molecule has 6 rings (SSSR count). The van der Waals surface area contributed by atoms with E-state index in [1.54, 1.807) is 0 Å². The summed E-state index contributed by atoms with van der Waals surface area (Å²) in [6.07, 6.45) is 11.3. The molecule has 2 heterocycles. The molecule has 6 fully saturated rings. The Hall–Kier alpha value is -0.160. The molecular weight excluding hydrogens is 374 g/mol. The second kappa shape index (κ2) is 6.68. The van der Waals surface area contributed by atoms with E-state index < -0.39 is 0 Å². The van der Waals surface area contributed by atoms with Crippen molar-refractivity contribution in [1.29, 1.82) is 0 Å². The van der Waals surface area contributed by atoms with Gasteiger partial charge in [-0.2, -0.15) is 0 Å². The average Bonchev–Trinajstić information content (AvgIpc) is 3.20. The lowest BCUT2D eigenvalue weighted by molar-refractivity contribution is -0.173. The first-order valence-corrected chi connectivity index (χ1v) is 13.0. The van der Waals surface area contributed by atoms with Crippen molar-refractivity contribution in [2.75, 3.05) is 6.54 Å². The summed E-state index contributed by atoms with van der Waals surface area (Å²) in [5.41, 5.74) is 0.207. The van der Waals surface area contributed by atoms with Gasteiger partial charge in [0.2, 0.25) is 0 Å². The van der Waals surface area contributed by atoms with Crippen molar-refractivity contribution >= 4 is 0 Å². The summed E-state index contributed by atoms with van der Waals surface area (Å²) < 4.78 is 6.84. The largest absolute Gasteiger partial charge is 0.393 e. The van der Waals surface area contributed by atoms with E-state index in [-0.39, 0.29) is 23.3 Å². The fraction of sp³-hybridized carbons (Fsp3) is 1.00. The lowest BCUT2D eigenvalue weighted by atomic mass is 9.44. The Morgan fingerprint density at radius 1 is 0.900 bits per heavy atom. The van der Waals surface area contributed by atoms with Gasteiger partial charge in [-0.15, -0.1) is 0 Å². The molecular formula is C26H43NO3. The number of nitrogens with one attached hydrogen (secondary N) is 1. The molecule has 4 saturated carbocycles. The zero-order valence-corrected chi connectivity index (χ0v) is 19.3. The van der Waals surface area contributed by atoms with Gasteiger partial charge in [0.25, 0.3) is 0 Å². The molecule has 0 amide bonds. The van der Waals surface area contributed by atoms with Gasteiger partial charge in [0.15, 0.2) is 0 Å². The van der Waals surface area contributed by atoms with Gasteiger partial charge in [-0.25, -0.2) is 0 Å². The van der Waals surface area contributed by atoms with Crippen molar-refractivity contribution in [1.82, 2.24) is 5.32 Å². The third kappa shape index (κ3) is 2.66. The Bertz CT molecular complexity index is 690. The molecule has 30 heavy (non-hydrogen) atoms. The predicted molar refractivity (Wildman–Crippen MR) is 117 cm³/mol. The van der Waals surface area contributed by atoms with Crippen LogP contribution in [0.5, 0.6) is 0 Å². The maximum atomic E-state index is 11.7. The average molecular weight is 418 g/mol. The molecule has 0 aromatic heterocycles. The standard InChI is InChI=1S/C26H43NO3/c1-15-6-9-26(27-14-15)13-21-22(30-26)11-20-18-5-4-16-10-17(28)7-8-24(16,2)19(18)12-23(29)25(20,21)3/h15-23,27-29H,4-14H2,1-3H3/t15?,16?,17-,18+,19-,20-,21-,22-,23+,24-,25-,26?/m0/s1. The minimum atomic E-state index is -0.206. The normalized spacial score (nSPS) is 62.5. The van der Waals surface area contributed by atoms with Crippen LogP contribution in [-0.2, 0) is 4.74 Å². The molecule has 0 bridgehead atoms.